The summed E-state index contributed by atoms with van der Waals surface area (Å²) in [4.78, 5) is 13.5. The Morgan fingerprint density at radius 2 is 2.31 bits per heavy atom. The Morgan fingerprint density at radius 3 is 3.06 bits per heavy atom. The average molecular weight is 326 g/mol. The molecule has 1 aliphatic rings. The molecule has 0 radical (unpaired) electrons. The molecule has 0 spiro atoms. The van der Waals surface area contributed by atoms with Crippen LogP contribution in [0, 0.1) is 0 Å². The van der Waals surface area contributed by atoms with Gasteiger partial charge in [-0.3, -0.25) is 0 Å². The average Bonchev–Trinajstić information content (AvgIpc) is 3.12. The first-order chi connectivity index (χ1) is 7.88. The van der Waals surface area contributed by atoms with Crippen LogP contribution in [0.4, 0.5) is 0 Å². The summed E-state index contributed by atoms with van der Waals surface area (Å²) in [6.07, 6.45) is 5.78. The molecule has 2 aromatic heterocycles. The third-order valence-electron chi connectivity index (χ3n) is 2.65. The van der Waals surface area contributed by atoms with E-state index in [-0.39, 0.29) is 0 Å². The zero-order chi connectivity index (χ0) is 11.0. The van der Waals surface area contributed by atoms with Crippen LogP contribution in [0.5, 0.6) is 0 Å². The Bertz CT molecular complexity index is 523. The molecule has 3 nitrogen and oxygen atoms in total. The molecule has 3 heterocycles. The van der Waals surface area contributed by atoms with Gasteiger partial charge in [0.2, 0.25) is 0 Å². The maximum absolute atomic E-state index is 4.74. The number of nitrogens with zero attached hydrogens (tertiary/aromatic N) is 3. The first-order valence-corrected chi connectivity index (χ1v) is 8.34. The van der Waals surface area contributed by atoms with Crippen molar-refractivity contribution in [3.8, 4) is 0 Å². The third kappa shape index (κ3) is 1.90. The molecule has 1 saturated heterocycles. The van der Waals surface area contributed by atoms with Gasteiger partial charge in [0.05, 0.1) is 0 Å². The predicted molar refractivity (Wildman–Crippen MR) is 58.9 cm³/mol. The molecule has 1 aliphatic heterocycles. The molecule has 0 aromatic carbocycles. The SMILES string of the molecule is CCCc1nc(C2C[I-]2)c2ccncc2n1. The van der Waals surface area contributed by atoms with Crippen molar-refractivity contribution >= 4 is 10.9 Å². The van der Waals surface area contributed by atoms with Crippen LogP contribution in [0.3, 0.4) is 0 Å². The normalized spacial score (nSPS) is 19.4. The molecule has 0 saturated carbocycles. The summed E-state index contributed by atoms with van der Waals surface area (Å²) in [6, 6.07) is 2.06. The summed E-state index contributed by atoms with van der Waals surface area (Å²) < 4.78 is 2.17. The molecule has 1 atom stereocenters. The van der Waals surface area contributed by atoms with Gasteiger partial charge in [0.25, 0.3) is 0 Å². The van der Waals surface area contributed by atoms with Crippen molar-refractivity contribution in [2.45, 2.75) is 23.7 Å². The minimum absolute atomic E-state index is 0.387. The first-order valence-electron chi connectivity index (χ1n) is 5.56. The van der Waals surface area contributed by atoms with Gasteiger partial charge in [0.15, 0.2) is 0 Å². The molecule has 2 aromatic rings. The van der Waals surface area contributed by atoms with Crippen molar-refractivity contribution < 1.29 is 21.2 Å². The number of hydrogen-bond donors (Lipinski definition) is 0. The van der Waals surface area contributed by atoms with Crippen LogP contribution in [0.25, 0.3) is 10.9 Å². The van der Waals surface area contributed by atoms with Crippen LogP contribution >= 0.6 is 0 Å². The number of aromatic nitrogens is 3. The molecule has 16 heavy (non-hydrogen) atoms. The van der Waals surface area contributed by atoms with Gasteiger partial charge in [-0.2, -0.15) is 0 Å². The van der Waals surface area contributed by atoms with Gasteiger partial charge < -0.3 is 0 Å². The summed E-state index contributed by atoms with van der Waals surface area (Å²) in [5, 5.41) is 1.22. The second kappa shape index (κ2) is 4.24. The summed E-state index contributed by atoms with van der Waals surface area (Å²) in [5.41, 5.74) is 2.32. The second-order valence-electron chi connectivity index (χ2n) is 3.94. The zero-order valence-electron chi connectivity index (χ0n) is 9.15. The van der Waals surface area contributed by atoms with E-state index in [1.807, 2.05) is 12.4 Å². The van der Waals surface area contributed by atoms with Gasteiger partial charge >= 0.3 is 105 Å². The molecule has 0 bridgehead atoms. The summed E-state index contributed by atoms with van der Waals surface area (Å²) in [7, 11) is 0. The summed E-state index contributed by atoms with van der Waals surface area (Å²) >= 11 is 0.387. The zero-order valence-corrected chi connectivity index (χ0v) is 11.3. The van der Waals surface area contributed by atoms with Crippen molar-refractivity contribution in [1.82, 2.24) is 15.0 Å². The quantitative estimate of drug-likeness (QED) is 0.543. The Morgan fingerprint density at radius 1 is 1.44 bits per heavy atom. The van der Waals surface area contributed by atoms with Crippen LogP contribution in [-0.2, 0) is 6.42 Å². The second-order valence-corrected chi connectivity index (χ2v) is 7.21. The molecule has 0 N–H and O–H groups in total. The van der Waals surface area contributed by atoms with Crippen molar-refractivity contribution in [2.75, 3.05) is 4.43 Å². The molecule has 4 heteroatoms. The Labute approximate surface area is 105 Å². The van der Waals surface area contributed by atoms with Crippen molar-refractivity contribution in [3.05, 3.63) is 30.0 Å². The van der Waals surface area contributed by atoms with E-state index in [1.165, 1.54) is 15.5 Å². The van der Waals surface area contributed by atoms with Crippen LogP contribution < -0.4 is 21.2 Å². The van der Waals surface area contributed by atoms with Crippen LogP contribution in [-0.4, -0.2) is 19.4 Å². The third-order valence-corrected chi connectivity index (χ3v) is 5.01. The molecule has 84 valence electrons. The molecule has 1 unspecified atom stereocenters. The van der Waals surface area contributed by atoms with Crippen LogP contribution in [0.15, 0.2) is 18.5 Å². The predicted octanol–water partition coefficient (Wildman–Crippen LogP) is -0.879. The van der Waals surface area contributed by atoms with Gasteiger partial charge in [-0.15, -0.1) is 0 Å². The number of fused-ring (bicyclic) bond motifs is 1. The number of aryl methyl sites for hydroxylation is 1. The Balaban J connectivity index is 2.18. The van der Waals surface area contributed by atoms with E-state index >= 15 is 0 Å². The molecule has 0 aliphatic carbocycles. The molecular weight excluding hydrogens is 313 g/mol. The monoisotopic (exact) mass is 326 g/mol. The van der Waals surface area contributed by atoms with Crippen LogP contribution in [0.2, 0.25) is 0 Å². The fourth-order valence-electron chi connectivity index (χ4n) is 1.82. The topological polar surface area (TPSA) is 38.7 Å². The molecule has 0 amide bonds. The van der Waals surface area contributed by atoms with Gasteiger partial charge in [-0.25, -0.2) is 0 Å². The van der Waals surface area contributed by atoms with Gasteiger partial charge in [0.1, 0.15) is 0 Å². The van der Waals surface area contributed by atoms with Crippen molar-refractivity contribution in [3.63, 3.8) is 0 Å². The van der Waals surface area contributed by atoms with E-state index in [4.69, 9.17) is 4.98 Å². The van der Waals surface area contributed by atoms with Crippen molar-refractivity contribution in [1.29, 1.82) is 0 Å². The first kappa shape index (κ1) is 10.4. The number of hydrogen-bond acceptors (Lipinski definition) is 3. The van der Waals surface area contributed by atoms with E-state index in [1.54, 1.807) is 0 Å². The van der Waals surface area contributed by atoms with Gasteiger partial charge in [0, 0.05) is 0 Å². The number of rotatable bonds is 3. The molecule has 3 rings (SSSR count). The molecular formula is C12H13IN3-. The minimum atomic E-state index is 0.387. The van der Waals surface area contributed by atoms with Gasteiger partial charge in [-0.05, 0) is 0 Å². The van der Waals surface area contributed by atoms with Crippen molar-refractivity contribution in [2.24, 2.45) is 0 Å². The molecule has 1 fully saturated rings. The van der Waals surface area contributed by atoms with E-state index in [9.17, 15) is 0 Å². The number of pyridine rings is 1. The number of alkyl halides is 2. The fourth-order valence-corrected chi connectivity index (χ4v) is 3.38. The summed E-state index contributed by atoms with van der Waals surface area (Å²) in [6.45, 7) is 2.17. The summed E-state index contributed by atoms with van der Waals surface area (Å²) in [5.74, 6) is 0.994. The van der Waals surface area contributed by atoms with E-state index in [2.05, 4.69) is 23.0 Å². The van der Waals surface area contributed by atoms with Crippen LogP contribution in [0.1, 0.15) is 28.8 Å². The Hall–Kier alpha value is -0.780. The maximum atomic E-state index is 4.74. The van der Waals surface area contributed by atoms with E-state index in [0.717, 1.165) is 28.1 Å². The Kier molecular flexibility index (Phi) is 2.75. The standard InChI is InChI=1S/C12H13IN3/c1-2-3-11-15-10-7-14-5-4-8(10)12(16-11)9-6-13-9/h4-5,7,9H,2-3,6H2,1H3/q-1. The fraction of sp³-hybridized carbons (Fsp3) is 0.417. The van der Waals surface area contributed by atoms with E-state index < -0.39 is 0 Å². The number of halogens is 1. The van der Waals surface area contributed by atoms with Gasteiger partial charge in [-0.1, -0.05) is 0 Å². The van der Waals surface area contributed by atoms with E-state index in [0.29, 0.717) is 21.2 Å².